The molecule has 0 aliphatic carbocycles. The lowest BCUT2D eigenvalue weighted by atomic mass is 10.0. The third-order valence-electron chi connectivity index (χ3n) is 2.65. The zero-order valence-electron chi connectivity index (χ0n) is 10.5. The number of nitrogens with two attached hydrogens (primary N) is 1. The Morgan fingerprint density at radius 2 is 2.20 bits per heavy atom. The van der Waals surface area contributed by atoms with Crippen LogP contribution in [0.2, 0.25) is 0 Å². The van der Waals surface area contributed by atoms with Gasteiger partial charge in [-0.15, -0.1) is 0 Å². The molecule has 2 N–H and O–H groups in total. The lowest BCUT2D eigenvalue weighted by Crippen LogP contribution is -2.50. The van der Waals surface area contributed by atoms with Crippen LogP contribution in [0.4, 0.5) is 0 Å². The summed E-state index contributed by atoms with van der Waals surface area (Å²) in [6.07, 6.45) is 3.99. The van der Waals surface area contributed by atoms with Crippen LogP contribution in [0.25, 0.3) is 0 Å². The van der Waals surface area contributed by atoms with Crippen LogP contribution >= 0.6 is 0 Å². The van der Waals surface area contributed by atoms with Crippen LogP contribution in [0, 0.1) is 0 Å². The molecule has 0 aromatic carbocycles. The van der Waals surface area contributed by atoms with Crippen LogP contribution in [0.15, 0.2) is 0 Å². The van der Waals surface area contributed by atoms with Gasteiger partial charge in [0.2, 0.25) is 0 Å². The smallest absolute Gasteiger partial charge is 0.0702 e. The Bertz CT molecular complexity index is 177. The third-order valence-corrected chi connectivity index (χ3v) is 2.65. The van der Waals surface area contributed by atoms with Crippen molar-refractivity contribution in [2.24, 2.45) is 5.73 Å². The molecule has 0 radical (unpaired) electrons. The number of nitrogens with zero attached hydrogens (tertiary/aromatic N) is 1. The molecule has 0 amide bonds. The molecule has 15 heavy (non-hydrogen) atoms. The molecule has 0 aromatic heterocycles. The number of hydrogen-bond acceptors (Lipinski definition) is 3. The first kappa shape index (κ1) is 12.9. The molecule has 0 aromatic rings. The van der Waals surface area contributed by atoms with Crippen LogP contribution in [0.1, 0.15) is 40.0 Å². The summed E-state index contributed by atoms with van der Waals surface area (Å²) in [5.74, 6) is 0. The number of ether oxygens (including phenoxy) is 1. The van der Waals surface area contributed by atoms with Gasteiger partial charge in [-0.1, -0.05) is 6.92 Å². The molecular formula is C12H26N2O. The van der Waals surface area contributed by atoms with Gasteiger partial charge in [-0.2, -0.15) is 0 Å². The summed E-state index contributed by atoms with van der Waals surface area (Å²) in [5, 5.41) is 0. The maximum absolute atomic E-state index is 6.03. The monoisotopic (exact) mass is 214 g/mol. The Morgan fingerprint density at radius 1 is 1.47 bits per heavy atom. The second-order valence-electron chi connectivity index (χ2n) is 5.36. The second-order valence-corrected chi connectivity index (χ2v) is 5.36. The standard InChI is InChI=1S/C12H26N2O/c1-4-8-15-11-6-5-7-14(9-11)10-12(2,3)13/h11H,4-10,13H2,1-3H3. The molecule has 0 bridgehead atoms. The topological polar surface area (TPSA) is 38.5 Å². The first-order valence-corrected chi connectivity index (χ1v) is 6.14. The van der Waals surface area contributed by atoms with Gasteiger partial charge in [-0.3, -0.25) is 4.90 Å². The van der Waals surface area contributed by atoms with E-state index in [0.717, 1.165) is 26.1 Å². The van der Waals surface area contributed by atoms with Crippen molar-refractivity contribution in [3.63, 3.8) is 0 Å². The van der Waals surface area contributed by atoms with Gasteiger partial charge in [0.1, 0.15) is 0 Å². The summed E-state index contributed by atoms with van der Waals surface area (Å²) < 4.78 is 5.79. The van der Waals surface area contributed by atoms with E-state index in [4.69, 9.17) is 10.5 Å². The van der Waals surface area contributed by atoms with Gasteiger partial charge in [0.25, 0.3) is 0 Å². The first-order chi connectivity index (χ1) is 7.01. The highest BCUT2D eigenvalue weighted by molar-refractivity contribution is 4.81. The van der Waals surface area contributed by atoms with Crippen LogP contribution in [0.5, 0.6) is 0 Å². The summed E-state index contributed by atoms with van der Waals surface area (Å²) in [5.41, 5.74) is 5.94. The number of likely N-dealkylation sites (tertiary alicyclic amines) is 1. The molecule has 1 aliphatic rings. The lowest BCUT2D eigenvalue weighted by Gasteiger charge is -2.36. The lowest BCUT2D eigenvalue weighted by molar-refractivity contribution is -0.00400. The van der Waals surface area contributed by atoms with Crippen molar-refractivity contribution in [1.29, 1.82) is 0 Å². The Morgan fingerprint density at radius 3 is 2.80 bits per heavy atom. The normalized spacial score (nSPS) is 24.4. The molecule has 3 nitrogen and oxygen atoms in total. The Hall–Kier alpha value is -0.120. The Balaban J connectivity index is 2.29. The molecule has 1 rings (SSSR count). The SMILES string of the molecule is CCCOC1CCCN(CC(C)(C)N)C1. The summed E-state index contributed by atoms with van der Waals surface area (Å²) >= 11 is 0. The second kappa shape index (κ2) is 5.83. The van der Waals surface area contributed by atoms with E-state index >= 15 is 0 Å². The summed E-state index contributed by atoms with van der Waals surface area (Å²) in [7, 11) is 0. The van der Waals surface area contributed by atoms with E-state index < -0.39 is 0 Å². The van der Waals surface area contributed by atoms with E-state index in [2.05, 4.69) is 25.7 Å². The average Bonchev–Trinajstić information content (AvgIpc) is 2.12. The minimum atomic E-state index is -0.0906. The number of rotatable bonds is 5. The minimum Gasteiger partial charge on any atom is -0.377 e. The van der Waals surface area contributed by atoms with E-state index in [1.54, 1.807) is 0 Å². The summed E-state index contributed by atoms with van der Waals surface area (Å²) in [6, 6.07) is 0. The fourth-order valence-corrected chi connectivity index (χ4v) is 2.15. The Kier molecular flexibility index (Phi) is 5.03. The molecule has 1 unspecified atom stereocenters. The quantitative estimate of drug-likeness (QED) is 0.755. The van der Waals surface area contributed by atoms with E-state index in [1.807, 2.05) is 0 Å². The fourth-order valence-electron chi connectivity index (χ4n) is 2.15. The molecule has 0 spiro atoms. The largest absolute Gasteiger partial charge is 0.377 e. The molecule has 1 saturated heterocycles. The molecule has 90 valence electrons. The highest BCUT2D eigenvalue weighted by atomic mass is 16.5. The van der Waals surface area contributed by atoms with Gasteiger partial charge in [-0.25, -0.2) is 0 Å². The van der Waals surface area contributed by atoms with Gasteiger partial charge >= 0.3 is 0 Å². The van der Waals surface area contributed by atoms with Gasteiger partial charge in [0.15, 0.2) is 0 Å². The van der Waals surface area contributed by atoms with Gasteiger partial charge in [0.05, 0.1) is 6.10 Å². The minimum absolute atomic E-state index is 0.0906. The highest BCUT2D eigenvalue weighted by Gasteiger charge is 2.23. The van der Waals surface area contributed by atoms with Crippen LogP contribution in [-0.4, -0.2) is 42.8 Å². The number of hydrogen-bond donors (Lipinski definition) is 1. The zero-order valence-corrected chi connectivity index (χ0v) is 10.5. The third kappa shape index (κ3) is 5.50. The van der Waals surface area contributed by atoms with Crippen LogP contribution in [-0.2, 0) is 4.74 Å². The van der Waals surface area contributed by atoms with E-state index in [9.17, 15) is 0 Å². The number of piperidine rings is 1. The van der Waals surface area contributed by atoms with E-state index in [0.29, 0.717) is 6.10 Å². The molecule has 1 fully saturated rings. The molecule has 1 heterocycles. The van der Waals surface area contributed by atoms with E-state index in [1.165, 1.54) is 19.4 Å². The zero-order chi connectivity index (χ0) is 11.3. The maximum Gasteiger partial charge on any atom is 0.0702 e. The average molecular weight is 214 g/mol. The summed E-state index contributed by atoms with van der Waals surface area (Å²) in [6.45, 7) is 10.4. The molecule has 3 heteroatoms. The van der Waals surface area contributed by atoms with Crippen molar-refractivity contribution < 1.29 is 4.74 Å². The van der Waals surface area contributed by atoms with E-state index in [-0.39, 0.29) is 5.54 Å². The molecule has 1 aliphatic heterocycles. The first-order valence-electron chi connectivity index (χ1n) is 6.14. The van der Waals surface area contributed by atoms with Crippen molar-refractivity contribution in [2.75, 3.05) is 26.2 Å². The molecule has 0 saturated carbocycles. The van der Waals surface area contributed by atoms with Crippen molar-refractivity contribution in [3.8, 4) is 0 Å². The molecular weight excluding hydrogens is 188 g/mol. The Labute approximate surface area is 94.0 Å². The summed E-state index contributed by atoms with van der Waals surface area (Å²) in [4.78, 5) is 2.43. The molecule has 1 atom stereocenters. The van der Waals surface area contributed by atoms with Crippen molar-refractivity contribution in [3.05, 3.63) is 0 Å². The van der Waals surface area contributed by atoms with Gasteiger partial charge in [-0.05, 0) is 39.7 Å². The van der Waals surface area contributed by atoms with Crippen LogP contribution in [0.3, 0.4) is 0 Å². The van der Waals surface area contributed by atoms with Crippen molar-refractivity contribution in [1.82, 2.24) is 4.90 Å². The van der Waals surface area contributed by atoms with Gasteiger partial charge < -0.3 is 10.5 Å². The predicted molar refractivity (Wildman–Crippen MR) is 64.0 cm³/mol. The predicted octanol–water partition coefficient (Wildman–Crippen LogP) is 1.61. The highest BCUT2D eigenvalue weighted by Crippen LogP contribution is 2.15. The van der Waals surface area contributed by atoms with Gasteiger partial charge in [0, 0.05) is 25.2 Å². The van der Waals surface area contributed by atoms with Crippen LogP contribution < -0.4 is 5.73 Å². The van der Waals surface area contributed by atoms with Crippen molar-refractivity contribution in [2.45, 2.75) is 51.7 Å². The maximum atomic E-state index is 6.03. The fraction of sp³-hybridized carbons (Fsp3) is 1.00. The van der Waals surface area contributed by atoms with Crippen molar-refractivity contribution >= 4 is 0 Å².